The summed E-state index contributed by atoms with van der Waals surface area (Å²) >= 11 is 0. The second-order valence-corrected chi connectivity index (χ2v) is 5.34. The van der Waals surface area contributed by atoms with E-state index < -0.39 is 6.04 Å². The fraction of sp³-hybridized carbons (Fsp3) is 0.500. The van der Waals surface area contributed by atoms with Crippen LogP contribution in [0.1, 0.15) is 26.3 Å². The number of hydrogen-bond donors (Lipinski definition) is 3. The number of carbonyl (C=O) groups excluding carboxylic acids is 2. The van der Waals surface area contributed by atoms with E-state index in [-0.39, 0.29) is 24.3 Å². The Kier molecular flexibility index (Phi) is 7.39. The van der Waals surface area contributed by atoms with Gasteiger partial charge in [0, 0.05) is 6.54 Å². The van der Waals surface area contributed by atoms with Crippen LogP contribution in [0.4, 0.5) is 0 Å². The lowest BCUT2D eigenvalue weighted by atomic mass is 10.1. The number of benzene rings is 1. The molecule has 6 nitrogen and oxygen atoms in total. The molecular weight excluding hydrogens is 282 g/mol. The molecule has 1 atom stereocenters. The van der Waals surface area contributed by atoms with E-state index in [2.05, 4.69) is 10.6 Å². The van der Waals surface area contributed by atoms with Crippen molar-refractivity contribution in [3.05, 3.63) is 29.8 Å². The molecule has 122 valence electrons. The van der Waals surface area contributed by atoms with Gasteiger partial charge in [-0.05, 0) is 30.5 Å². The van der Waals surface area contributed by atoms with Crippen molar-refractivity contribution in [2.24, 2.45) is 11.7 Å². The fourth-order valence-corrected chi connectivity index (χ4v) is 1.72. The Morgan fingerprint density at radius 1 is 1.18 bits per heavy atom. The molecule has 0 aliphatic heterocycles. The maximum atomic E-state index is 11.7. The molecule has 0 aliphatic carbocycles. The molecule has 1 aromatic rings. The molecule has 1 aromatic carbocycles. The van der Waals surface area contributed by atoms with E-state index in [4.69, 9.17) is 10.5 Å². The van der Waals surface area contributed by atoms with Crippen molar-refractivity contribution in [2.45, 2.75) is 33.4 Å². The average molecular weight is 307 g/mol. The zero-order valence-corrected chi connectivity index (χ0v) is 13.4. The van der Waals surface area contributed by atoms with Crippen LogP contribution in [0.5, 0.6) is 5.75 Å². The first-order valence-corrected chi connectivity index (χ1v) is 7.45. The van der Waals surface area contributed by atoms with Crippen LogP contribution in [0.25, 0.3) is 0 Å². The predicted octanol–water partition coefficient (Wildman–Crippen LogP) is 0.801. The molecule has 4 N–H and O–H groups in total. The molecule has 0 saturated carbocycles. The number of nitrogens with two attached hydrogens (primary N) is 1. The largest absolute Gasteiger partial charge is 0.494 e. The molecule has 0 aliphatic rings. The van der Waals surface area contributed by atoms with Gasteiger partial charge < -0.3 is 21.1 Å². The molecule has 0 unspecified atom stereocenters. The van der Waals surface area contributed by atoms with Crippen LogP contribution in [0, 0.1) is 5.92 Å². The van der Waals surface area contributed by atoms with E-state index in [0.717, 1.165) is 11.3 Å². The first-order valence-electron chi connectivity index (χ1n) is 7.45. The van der Waals surface area contributed by atoms with Gasteiger partial charge in [-0.2, -0.15) is 0 Å². The summed E-state index contributed by atoms with van der Waals surface area (Å²) < 4.78 is 5.35. The lowest BCUT2D eigenvalue weighted by Gasteiger charge is -2.15. The van der Waals surface area contributed by atoms with Gasteiger partial charge in [0.1, 0.15) is 5.75 Å². The van der Waals surface area contributed by atoms with Gasteiger partial charge in [0.15, 0.2) is 0 Å². The SMILES string of the molecule is CCOc1ccc(CNC(=O)CNC(=O)[C@@H](N)C(C)C)cc1. The number of carbonyl (C=O) groups is 2. The fourth-order valence-electron chi connectivity index (χ4n) is 1.72. The zero-order chi connectivity index (χ0) is 16.5. The van der Waals surface area contributed by atoms with E-state index in [9.17, 15) is 9.59 Å². The average Bonchev–Trinajstić information content (AvgIpc) is 2.51. The van der Waals surface area contributed by atoms with Gasteiger partial charge in [0.05, 0.1) is 19.2 Å². The quantitative estimate of drug-likeness (QED) is 0.662. The molecule has 0 radical (unpaired) electrons. The molecule has 0 fully saturated rings. The Morgan fingerprint density at radius 3 is 2.36 bits per heavy atom. The van der Waals surface area contributed by atoms with E-state index >= 15 is 0 Å². The lowest BCUT2D eigenvalue weighted by molar-refractivity contribution is -0.127. The molecule has 0 heterocycles. The smallest absolute Gasteiger partial charge is 0.239 e. The van der Waals surface area contributed by atoms with Crippen LogP contribution < -0.4 is 21.1 Å². The van der Waals surface area contributed by atoms with Crippen molar-refractivity contribution < 1.29 is 14.3 Å². The summed E-state index contributed by atoms with van der Waals surface area (Å²) in [5.41, 5.74) is 6.65. The summed E-state index contributed by atoms with van der Waals surface area (Å²) in [7, 11) is 0. The Hall–Kier alpha value is -2.08. The maximum Gasteiger partial charge on any atom is 0.239 e. The molecular formula is C16H25N3O3. The zero-order valence-electron chi connectivity index (χ0n) is 13.4. The highest BCUT2D eigenvalue weighted by Crippen LogP contribution is 2.11. The molecule has 0 saturated heterocycles. The third-order valence-corrected chi connectivity index (χ3v) is 3.17. The Bertz CT molecular complexity index is 486. The number of amides is 2. The van der Waals surface area contributed by atoms with Crippen LogP contribution in [-0.2, 0) is 16.1 Å². The van der Waals surface area contributed by atoms with Gasteiger partial charge in [-0.15, -0.1) is 0 Å². The Balaban J connectivity index is 2.32. The summed E-state index contributed by atoms with van der Waals surface area (Å²) in [4.78, 5) is 23.3. The molecule has 0 bridgehead atoms. The molecule has 22 heavy (non-hydrogen) atoms. The van der Waals surface area contributed by atoms with Crippen molar-refractivity contribution in [3.8, 4) is 5.75 Å². The standard InChI is InChI=1S/C16H25N3O3/c1-4-22-13-7-5-12(6-8-13)9-18-14(20)10-19-16(21)15(17)11(2)3/h5-8,11,15H,4,9-10,17H2,1-3H3,(H,18,20)(H,19,21)/t15-/m0/s1. The summed E-state index contributed by atoms with van der Waals surface area (Å²) in [6.45, 7) is 6.59. The second-order valence-electron chi connectivity index (χ2n) is 5.34. The molecule has 2 amide bonds. The molecule has 0 spiro atoms. The predicted molar refractivity (Wildman–Crippen MR) is 85.3 cm³/mol. The van der Waals surface area contributed by atoms with Crippen LogP contribution in [0.3, 0.4) is 0 Å². The maximum absolute atomic E-state index is 11.7. The van der Waals surface area contributed by atoms with E-state index in [0.29, 0.717) is 13.2 Å². The van der Waals surface area contributed by atoms with Crippen molar-refractivity contribution in [2.75, 3.05) is 13.2 Å². The van der Waals surface area contributed by atoms with Crippen LogP contribution >= 0.6 is 0 Å². The normalized spacial score (nSPS) is 11.9. The third kappa shape index (κ3) is 6.13. The van der Waals surface area contributed by atoms with Gasteiger partial charge in [0.25, 0.3) is 0 Å². The molecule has 6 heteroatoms. The van der Waals surface area contributed by atoms with Crippen LogP contribution in [0.2, 0.25) is 0 Å². The minimum Gasteiger partial charge on any atom is -0.494 e. The number of nitrogens with one attached hydrogen (secondary N) is 2. The van der Waals surface area contributed by atoms with Crippen molar-refractivity contribution >= 4 is 11.8 Å². The first-order chi connectivity index (χ1) is 10.4. The van der Waals surface area contributed by atoms with Gasteiger partial charge >= 0.3 is 0 Å². The minimum absolute atomic E-state index is 0.0342. The van der Waals surface area contributed by atoms with E-state index in [1.807, 2.05) is 45.0 Å². The highest BCUT2D eigenvalue weighted by atomic mass is 16.5. The van der Waals surface area contributed by atoms with E-state index in [1.165, 1.54) is 0 Å². The topological polar surface area (TPSA) is 93.5 Å². The van der Waals surface area contributed by atoms with Gasteiger partial charge in [0.2, 0.25) is 11.8 Å². The number of hydrogen-bond acceptors (Lipinski definition) is 4. The molecule has 0 aromatic heterocycles. The van der Waals surface area contributed by atoms with Gasteiger partial charge in [-0.1, -0.05) is 26.0 Å². The van der Waals surface area contributed by atoms with E-state index in [1.54, 1.807) is 0 Å². The highest BCUT2D eigenvalue weighted by Gasteiger charge is 2.17. The van der Waals surface area contributed by atoms with Gasteiger partial charge in [-0.3, -0.25) is 9.59 Å². The van der Waals surface area contributed by atoms with Gasteiger partial charge in [-0.25, -0.2) is 0 Å². The minimum atomic E-state index is -0.598. The monoisotopic (exact) mass is 307 g/mol. The summed E-state index contributed by atoms with van der Waals surface area (Å²) in [6, 6.07) is 6.89. The van der Waals surface area contributed by atoms with Crippen molar-refractivity contribution in [3.63, 3.8) is 0 Å². The number of rotatable bonds is 8. The second kappa shape index (κ2) is 9.04. The van der Waals surface area contributed by atoms with Crippen molar-refractivity contribution in [1.29, 1.82) is 0 Å². The third-order valence-electron chi connectivity index (χ3n) is 3.17. The highest BCUT2D eigenvalue weighted by molar-refractivity contribution is 5.87. The first kappa shape index (κ1) is 18.0. The summed E-state index contributed by atoms with van der Waals surface area (Å²) in [6.07, 6.45) is 0. The lowest BCUT2D eigenvalue weighted by Crippen LogP contribution is -2.47. The van der Waals surface area contributed by atoms with Crippen molar-refractivity contribution in [1.82, 2.24) is 10.6 Å². The Labute approximate surface area is 131 Å². The van der Waals surface area contributed by atoms with Crippen LogP contribution in [-0.4, -0.2) is 31.0 Å². The summed E-state index contributed by atoms with van der Waals surface area (Å²) in [5.74, 6) is 0.267. The molecule has 1 rings (SSSR count). The Morgan fingerprint density at radius 2 is 1.82 bits per heavy atom. The number of ether oxygens (including phenoxy) is 1. The summed E-state index contributed by atoms with van der Waals surface area (Å²) in [5, 5.41) is 5.27. The van der Waals surface area contributed by atoms with Crippen LogP contribution in [0.15, 0.2) is 24.3 Å².